The molecule has 0 radical (unpaired) electrons. The summed E-state index contributed by atoms with van der Waals surface area (Å²) in [6.45, 7) is 3.62. The van der Waals surface area contributed by atoms with Gasteiger partial charge in [-0.1, -0.05) is 6.92 Å². The number of carbonyl (C=O) groups is 1. The second kappa shape index (κ2) is 6.27. The molecule has 5 heteroatoms. The first kappa shape index (κ1) is 12.7. The zero-order valence-corrected chi connectivity index (χ0v) is 10.2. The van der Waals surface area contributed by atoms with Crippen LogP contribution in [0, 0.1) is 0 Å². The third-order valence-corrected chi connectivity index (χ3v) is 2.41. The fourth-order valence-electron chi connectivity index (χ4n) is 1.47. The highest BCUT2D eigenvalue weighted by atomic mass is 16.2. The number of amides is 1. The summed E-state index contributed by atoms with van der Waals surface area (Å²) in [4.78, 5) is 11.8. The maximum absolute atomic E-state index is 11.8. The normalized spacial score (nSPS) is 10.4. The summed E-state index contributed by atoms with van der Waals surface area (Å²) in [5.74, 6) is -0.0502. The molecular formula is C11H20N4O. The number of aromatic nitrogens is 2. The van der Waals surface area contributed by atoms with Gasteiger partial charge in [-0.15, -0.1) is 0 Å². The minimum absolute atomic E-state index is 0.0502. The van der Waals surface area contributed by atoms with E-state index < -0.39 is 0 Å². The number of nitrogens with one attached hydrogen (secondary N) is 2. The van der Waals surface area contributed by atoms with Crippen LogP contribution in [-0.2, 0) is 13.5 Å². The molecule has 0 aliphatic rings. The summed E-state index contributed by atoms with van der Waals surface area (Å²) in [5.41, 5.74) is 1.57. The number of hydrogen-bond donors (Lipinski definition) is 2. The van der Waals surface area contributed by atoms with E-state index in [9.17, 15) is 4.79 Å². The van der Waals surface area contributed by atoms with Crippen LogP contribution in [-0.4, -0.2) is 35.8 Å². The lowest BCUT2D eigenvalue weighted by molar-refractivity contribution is 0.0944. The molecule has 90 valence electrons. The molecule has 0 aliphatic carbocycles. The van der Waals surface area contributed by atoms with Crippen molar-refractivity contribution in [2.45, 2.75) is 19.8 Å². The van der Waals surface area contributed by atoms with E-state index >= 15 is 0 Å². The Labute approximate surface area is 96.2 Å². The lowest BCUT2D eigenvalue weighted by atomic mass is 10.3. The highest BCUT2D eigenvalue weighted by Gasteiger charge is 2.11. The molecule has 1 rings (SSSR count). The fraction of sp³-hybridized carbons (Fsp3) is 0.636. The molecule has 1 aromatic rings. The van der Waals surface area contributed by atoms with E-state index in [1.54, 1.807) is 11.7 Å². The zero-order valence-electron chi connectivity index (χ0n) is 10.2. The van der Waals surface area contributed by atoms with E-state index in [0.29, 0.717) is 12.2 Å². The number of rotatable bonds is 6. The average Bonchev–Trinajstić information content (AvgIpc) is 2.66. The molecule has 0 saturated heterocycles. The van der Waals surface area contributed by atoms with Gasteiger partial charge in [0.1, 0.15) is 5.69 Å². The summed E-state index contributed by atoms with van der Waals surface area (Å²) in [6, 6.07) is 1.84. The summed E-state index contributed by atoms with van der Waals surface area (Å²) in [6.07, 6.45) is 1.78. The van der Waals surface area contributed by atoms with Crippen LogP contribution in [0.3, 0.4) is 0 Å². The number of nitrogens with zero attached hydrogens (tertiary/aromatic N) is 2. The third-order valence-electron chi connectivity index (χ3n) is 2.41. The van der Waals surface area contributed by atoms with Gasteiger partial charge in [-0.25, -0.2) is 0 Å². The Hall–Kier alpha value is -1.36. The maximum atomic E-state index is 11.8. The molecule has 0 fully saturated rings. The molecule has 5 nitrogen and oxygen atoms in total. The Kier molecular flexibility index (Phi) is 4.98. The third kappa shape index (κ3) is 3.34. The van der Waals surface area contributed by atoms with Gasteiger partial charge < -0.3 is 10.6 Å². The Morgan fingerprint density at radius 2 is 2.25 bits per heavy atom. The van der Waals surface area contributed by atoms with Gasteiger partial charge in [-0.3, -0.25) is 9.48 Å². The predicted molar refractivity (Wildman–Crippen MR) is 63.5 cm³/mol. The van der Waals surface area contributed by atoms with Crippen molar-refractivity contribution in [1.29, 1.82) is 0 Å². The van der Waals surface area contributed by atoms with Crippen LogP contribution in [0.25, 0.3) is 0 Å². The highest BCUT2D eigenvalue weighted by Crippen LogP contribution is 2.03. The van der Waals surface area contributed by atoms with Gasteiger partial charge in [0.2, 0.25) is 0 Å². The van der Waals surface area contributed by atoms with Crippen LogP contribution in [0.4, 0.5) is 0 Å². The molecule has 1 aromatic heterocycles. The summed E-state index contributed by atoms with van der Waals surface area (Å²) in [5, 5.41) is 10.1. The van der Waals surface area contributed by atoms with Gasteiger partial charge in [0.15, 0.2) is 0 Å². The minimum Gasteiger partial charge on any atom is -0.351 e. The topological polar surface area (TPSA) is 59.0 Å². The van der Waals surface area contributed by atoms with Gasteiger partial charge in [-0.2, -0.15) is 5.10 Å². The van der Waals surface area contributed by atoms with Gasteiger partial charge in [0.05, 0.1) is 5.69 Å². The molecule has 0 bridgehead atoms. The largest absolute Gasteiger partial charge is 0.351 e. The smallest absolute Gasteiger partial charge is 0.269 e. The SMILES string of the molecule is CCc1cc(C(=O)NCCCNC)n(C)n1. The average molecular weight is 224 g/mol. The van der Waals surface area contributed by atoms with E-state index in [-0.39, 0.29) is 5.91 Å². The van der Waals surface area contributed by atoms with E-state index in [4.69, 9.17) is 0 Å². The Morgan fingerprint density at radius 3 is 2.81 bits per heavy atom. The van der Waals surface area contributed by atoms with Crippen molar-refractivity contribution in [2.75, 3.05) is 20.1 Å². The fourth-order valence-corrected chi connectivity index (χ4v) is 1.47. The Bertz CT molecular complexity index is 346. The standard InChI is InChI=1S/C11H20N4O/c1-4-9-8-10(15(3)14-9)11(16)13-7-5-6-12-2/h8,12H,4-7H2,1-3H3,(H,13,16). The molecule has 1 amide bonds. The second-order valence-electron chi connectivity index (χ2n) is 3.71. The molecule has 0 spiro atoms. The molecule has 0 unspecified atom stereocenters. The molecule has 0 aliphatic heterocycles. The summed E-state index contributed by atoms with van der Waals surface area (Å²) < 4.78 is 1.63. The molecule has 2 N–H and O–H groups in total. The van der Waals surface area contributed by atoms with E-state index in [1.165, 1.54) is 0 Å². The first-order chi connectivity index (χ1) is 7.69. The minimum atomic E-state index is -0.0502. The van der Waals surface area contributed by atoms with Crippen molar-refractivity contribution < 1.29 is 4.79 Å². The van der Waals surface area contributed by atoms with Crippen LogP contribution in [0.15, 0.2) is 6.07 Å². The first-order valence-corrected chi connectivity index (χ1v) is 5.64. The molecule has 1 heterocycles. The van der Waals surface area contributed by atoms with Crippen molar-refractivity contribution in [3.05, 3.63) is 17.5 Å². The van der Waals surface area contributed by atoms with E-state index in [0.717, 1.165) is 25.1 Å². The van der Waals surface area contributed by atoms with Crippen molar-refractivity contribution in [3.63, 3.8) is 0 Å². The van der Waals surface area contributed by atoms with Crippen LogP contribution in [0.2, 0.25) is 0 Å². The van der Waals surface area contributed by atoms with Crippen LogP contribution in [0.5, 0.6) is 0 Å². The van der Waals surface area contributed by atoms with Gasteiger partial charge in [0.25, 0.3) is 5.91 Å². The second-order valence-corrected chi connectivity index (χ2v) is 3.71. The number of hydrogen-bond acceptors (Lipinski definition) is 3. The van der Waals surface area contributed by atoms with Crippen molar-refractivity contribution in [1.82, 2.24) is 20.4 Å². The van der Waals surface area contributed by atoms with Gasteiger partial charge in [-0.05, 0) is 32.5 Å². The monoisotopic (exact) mass is 224 g/mol. The summed E-state index contributed by atoms with van der Waals surface area (Å²) >= 11 is 0. The van der Waals surface area contributed by atoms with Crippen LogP contribution in [0.1, 0.15) is 29.5 Å². The molecule has 0 saturated carbocycles. The van der Waals surface area contributed by atoms with E-state index in [2.05, 4.69) is 15.7 Å². The Morgan fingerprint density at radius 1 is 1.50 bits per heavy atom. The van der Waals surface area contributed by atoms with Crippen molar-refractivity contribution in [2.24, 2.45) is 7.05 Å². The molecule has 0 aromatic carbocycles. The lowest BCUT2D eigenvalue weighted by Crippen LogP contribution is -2.28. The molecule has 0 atom stereocenters. The highest BCUT2D eigenvalue weighted by molar-refractivity contribution is 5.92. The van der Waals surface area contributed by atoms with Crippen molar-refractivity contribution >= 4 is 5.91 Å². The maximum Gasteiger partial charge on any atom is 0.269 e. The van der Waals surface area contributed by atoms with Crippen LogP contribution < -0.4 is 10.6 Å². The van der Waals surface area contributed by atoms with Gasteiger partial charge >= 0.3 is 0 Å². The summed E-state index contributed by atoms with van der Waals surface area (Å²) in [7, 11) is 3.69. The zero-order chi connectivity index (χ0) is 12.0. The lowest BCUT2D eigenvalue weighted by Gasteiger charge is -2.04. The predicted octanol–water partition coefficient (Wildman–Crippen LogP) is 0.322. The molecule has 16 heavy (non-hydrogen) atoms. The Balaban J connectivity index is 2.49. The van der Waals surface area contributed by atoms with Gasteiger partial charge in [0, 0.05) is 13.6 Å². The van der Waals surface area contributed by atoms with E-state index in [1.807, 2.05) is 20.0 Å². The van der Waals surface area contributed by atoms with Crippen LogP contribution >= 0.6 is 0 Å². The quantitative estimate of drug-likeness (QED) is 0.684. The van der Waals surface area contributed by atoms with Crippen molar-refractivity contribution in [3.8, 4) is 0 Å². The first-order valence-electron chi connectivity index (χ1n) is 5.64. The number of aryl methyl sites for hydroxylation is 2. The molecular weight excluding hydrogens is 204 g/mol. The number of carbonyl (C=O) groups excluding carboxylic acids is 1.